The smallest absolute Gasteiger partial charge is 0.0294 e. The zero-order valence-electron chi connectivity index (χ0n) is 13.8. The molecule has 1 fully saturated rings. The molecule has 2 aromatic carbocycles. The van der Waals surface area contributed by atoms with E-state index in [1.165, 1.54) is 42.4 Å². The Labute approximate surface area is 134 Å². The predicted octanol–water partition coefficient (Wildman–Crippen LogP) is 5.37. The third-order valence-electron chi connectivity index (χ3n) is 5.03. The standard InChI is InChI=1S/C21H27N/c1-16-7-6-10-20(15-16)17(2)22-21-13-11-19(12-14-21)18-8-4-3-5-9-18/h3-10,15,17,19,21-22H,11-14H2,1-2H3/t17-,19?,21?/m1/s1. The minimum Gasteiger partial charge on any atom is -0.307 e. The van der Waals surface area contributed by atoms with E-state index in [-0.39, 0.29) is 0 Å². The van der Waals surface area contributed by atoms with Gasteiger partial charge < -0.3 is 5.32 Å². The summed E-state index contributed by atoms with van der Waals surface area (Å²) in [5.74, 6) is 0.758. The molecule has 0 spiro atoms. The SMILES string of the molecule is Cc1cccc([C@@H](C)NC2CCC(c3ccccc3)CC2)c1. The van der Waals surface area contributed by atoms with E-state index in [4.69, 9.17) is 0 Å². The van der Waals surface area contributed by atoms with Crippen LogP contribution in [0.4, 0.5) is 0 Å². The van der Waals surface area contributed by atoms with E-state index in [1.807, 2.05) is 0 Å². The molecule has 1 N–H and O–H groups in total. The minimum atomic E-state index is 0.443. The fourth-order valence-electron chi connectivity index (χ4n) is 3.71. The third kappa shape index (κ3) is 3.78. The van der Waals surface area contributed by atoms with Crippen molar-refractivity contribution in [2.45, 2.75) is 57.5 Å². The minimum absolute atomic E-state index is 0.443. The summed E-state index contributed by atoms with van der Waals surface area (Å²) in [4.78, 5) is 0. The van der Waals surface area contributed by atoms with Crippen molar-refractivity contribution in [1.29, 1.82) is 0 Å². The molecule has 1 heteroatoms. The van der Waals surface area contributed by atoms with Crippen LogP contribution in [0.25, 0.3) is 0 Å². The molecule has 1 aliphatic carbocycles. The number of hydrogen-bond donors (Lipinski definition) is 1. The van der Waals surface area contributed by atoms with Gasteiger partial charge in [0.2, 0.25) is 0 Å². The van der Waals surface area contributed by atoms with E-state index in [2.05, 4.69) is 73.8 Å². The van der Waals surface area contributed by atoms with Crippen molar-refractivity contribution in [3.63, 3.8) is 0 Å². The van der Waals surface area contributed by atoms with Gasteiger partial charge in [0.15, 0.2) is 0 Å². The van der Waals surface area contributed by atoms with Gasteiger partial charge in [-0.25, -0.2) is 0 Å². The molecule has 0 aromatic heterocycles. The Morgan fingerprint density at radius 2 is 1.64 bits per heavy atom. The molecule has 1 nitrogen and oxygen atoms in total. The first-order chi connectivity index (χ1) is 10.7. The summed E-state index contributed by atoms with van der Waals surface area (Å²) >= 11 is 0. The van der Waals surface area contributed by atoms with Gasteiger partial charge in [0, 0.05) is 12.1 Å². The molecule has 0 bridgehead atoms. The number of nitrogens with one attached hydrogen (secondary N) is 1. The van der Waals surface area contributed by atoms with Crippen molar-refractivity contribution in [2.75, 3.05) is 0 Å². The lowest BCUT2D eigenvalue weighted by molar-refractivity contribution is 0.322. The van der Waals surface area contributed by atoms with Gasteiger partial charge in [-0.3, -0.25) is 0 Å². The van der Waals surface area contributed by atoms with E-state index < -0.39 is 0 Å². The largest absolute Gasteiger partial charge is 0.307 e. The molecule has 2 aromatic rings. The summed E-state index contributed by atoms with van der Waals surface area (Å²) in [6, 6.07) is 21.0. The van der Waals surface area contributed by atoms with Crippen LogP contribution in [0.5, 0.6) is 0 Å². The van der Waals surface area contributed by atoms with Crippen LogP contribution >= 0.6 is 0 Å². The Balaban J connectivity index is 1.54. The average Bonchev–Trinajstić information content (AvgIpc) is 2.56. The van der Waals surface area contributed by atoms with Crippen LogP contribution < -0.4 is 5.32 Å². The first kappa shape index (κ1) is 15.3. The van der Waals surface area contributed by atoms with Crippen LogP contribution in [0, 0.1) is 6.92 Å². The lowest BCUT2D eigenvalue weighted by Gasteiger charge is -2.31. The van der Waals surface area contributed by atoms with Crippen molar-refractivity contribution in [2.24, 2.45) is 0 Å². The van der Waals surface area contributed by atoms with Gasteiger partial charge in [-0.15, -0.1) is 0 Å². The average molecular weight is 293 g/mol. The Bertz CT molecular complexity index is 582. The van der Waals surface area contributed by atoms with Gasteiger partial charge in [-0.1, -0.05) is 60.2 Å². The Hall–Kier alpha value is -1.60. The van der Waals surface area contributed by atoms with E-state index >= 15 is 0 Å². The highest BCUT2D eigenvalue weighted by molar-refractivity contribution is 5.25. The molecule has 1 aliphatic rings. The zero-order chi connectivity index (χ0) is 15.4. The molecule has 0 radical (unpaired) electrons. The van der Waals surface area contributed by atoms with E-state index in [1.54, 1.807) is 0 Å². The lowest BCUT2D eigenvalue weighted by Crippen LogP contribution is -2.34. The maximum absolute atomic E-state index is 3.83. The first-order valence-corrected chi connectivity index (χ1v) is 8.60. The van der Waals surface area contributed by atoms with Crippen molar-refractivity contribution in [1.82, 2.24) is 5.32 Å². The van der Waals surface area contributed by atoms with Gasteiger partial charge in [0.1, 0.15) is 0 Å². The Kier molecular flexibility index (Phi) is 4.94. The highest BCUT2D eigenvalue weighted by atomic mass is 14.9. The Morgan fingerprint density at radius 1 is 0.909 bits per heavy atom. The third-order valence-corrected chi connectivity index (χ3v) is 5.03. The van der Waals surface area contributed by atoms with Crippen LogP contribution in [0.1, 0.15) is 61.3 Å². The molecule has 0 aliphatic heterocycles. The second-order valence-corrected chi connectivity index (χ2v) is 6.76. The second-order valence-electron chi connectivity index (χ2n) is 6.76. The molecular weight excluding hydrogens is 266 g/mol. The van der Waals surface area contributed by atoms with Crippen molar-refractivity contribution >= 4 is 0 Å². The van der Waals surface area contributed by atoms with Gasteiger partial charge >= 0.3 is 0 Å². The molecular formula is C21H27N. The highest BCUT2D eigenvalue weighted by Gasteiger charge is 2.23. The van der Waals surface area contributed by atoms with Crippen molar-refractivity contribution < 1.29 is 0 Å². The van der Waals surface area contributed by atoms with Crippen molar-refractivity contribution in [3.8, 4) is 0 Å². The number of rotatable bonds is 4. The van der Waals surface area contributed by atoms with Crippen LogP contribution in [0.15, 0.2) is 54.6 Å². The van der Waals surface area contributed by atoms with Crippen LogP contribution in [-0.4, -0.2) is 6.04 Å². The highest BCUT2D eigenvalue weighted by Crippen LogP contribution is 2.33. The molecule has 22 heavy (non-hydrogen) atoms. The lowest BCUT2D eigenvalue weighted by atomic mass is 9.81. The fraction of sp³-hybridized carbons (Fsp3) is 0.429. The molecule has 0 amide bonds. The molecule has 0 unspecified atom stereocenters. The summed E-state index contributed by atoms with van der Waals surface area (Å²) in [5.41, 5.74) is 4.27. The zero-order valence-corrected chi connectivity index (χ0v) is 13.8. The molecule has 0 saturated heterocycles. The summed E-state index contributed by atoms with van der Waals surface area (Å²) < 4.78 is 0. The van der Waals surface area contributed by atoms with E-state index in [0.717, 1.165) is 5.92 Å². The van der Waals surface area contributed by atoms with E-state index in [0.29, 0.717) is 12.1 Å². The normalized spacial score (nSPS) is 23.2. The summed E-state index contributed by atoms with van der Waals surface area (Å²) in [5, 5.41) is 3.83. The summed E-state index contributed by atoms with van der Waals surface area (Å²) in [6.45, 7) is 4.46. The van der Waals surface area contributed by atoms with Gasteiger partial charge in [-0.05, 0) is 56.6 Å². The van der Waals surface area contributed by atoms with Gasteiger partial charge in [0.25, 0.3) is 0 Å². The second kappa shape index (κ2) is 7.11. The predicted molar refractivity (Wildman–Crippen MR) is 94.2 cm³/mol. The summed E-state index contributed by atoms with van der Waals surface area (Å²) in [7, 11) is 0. The first-order valence-electron chi connectivity index (χ1n) is 8.60. The number of hydrogen-bond acceptors (Lipinski definition) is 1. The molecule has 0 heterocycles. The quantitative estimate of drug-likeness (QED) is 0.799. The van der Waals surface area contributed by atoms with E-state index in [9.17, 15) is 0 Å². The van der Waals surface area contributed by atoms with Crippen molar-refractivity contribution in [3.05, 3.63) is 71.3 Å². The number of benzene rings is 2. The van der Waals surface area contributed by atoms with Crippen LogP contribution in [0.3, 0.4) is 0 Å². The molecule has 1 saturated carbocycles. The molecule has 3 rings (SSSR count). The molecule has 116 valence electrons. The Morgan fingerprint density at radius 3 is 2.32 bits per heavy atom. The maximum Gasteiger partial charge on any atom is 0.0294 e. The molecule has 1 atom stereocenters. The fourth-order valence-corrected chi connectivity index (χ4v) is 3.71. The van der Waals surface area contributed by atoms with Crippen LogP contribution in [0.2, 0.25) is 0 Å². The monoisotopic (exact) mass is 293 g/mol. The summed E-state index contributed by atoms with van der Waals surface area (Å²) in [6.07, 6.45) is 5.19. The maximum atomic E-state index is 3.83. The topological polar surface area (TPSA) is 12.0 Å². The van der Waals surface area contributed by atoms with Crippen LogP contribution in [-0.2, 0) is 0 Å². The number of aryl methyl sites for hydroxylation is 1. The van der Waals surface area contributed by atoms with Gasteiger partial charge in [0.05, 0.1) is 0 Å². The van der Waals surface area contributed by atoms with Gasteiger partial charge in [-0.2, -0.15) is 0 Å².